The molecule has 2 amide bonds. The quantitative estimate of drug-likeness (QED) is 0.589. The molecule has 6 nitrogen and oxygen atoms in total. The van der Waals surface area contributed by atoms with Gasteiger partial charge in [0, 0.05) is 37.5 Å². The first kappa shape index (κ1) is 25.0. The summed E-state index contributed by atoms with van der Waals surface area (Å²) < 4.78 is 5.63. The number of benzene rings is 2. The number of carbonyl (C=O) groups excluding carboxylic acids is 2. The average Bonchev–Trinajstić information content (AvgIpc) is 3.32. The van der Waals surface area contributed by atoms with E-state index in [1.807, 2.05) is 12.1 Å². The first-order chi connectivity index (χ1) is 17.6. The number of nitrogens with zero attached hydrogens (tertiary/aromatic N) is 1. The Morgan fingerprint density at radius 1 is 0.861 bits per heavy atom. The molecule has 2 aromatic rings. The highest BCUT2D eigenvalue weighted by atomic mass is 16.5. The maximum Gasteiger partial charge on any atom is 0.220 e. The molecule has 0 spiro atoms. The number of hydrogen-bond acceptors (Lipinski definition) is 4. The minimum absolute atomic E-state index is 0.0103. The maximum atomic E-state index is 12.7. The van der Waals surface area contributed by atoms with Crippen LogP contribution in [0.25, 0.3) is 0 Å². The van der Waals surface area contributed by atoms with Crippen LogP contribution in [0.3, 0.4) is 0 Å². The number of aryl methyl sites for hydroxylation is 1. The Morgan fingerprint density at radius 3 is 2.28 bits per heavy atom. The molecule has 192 valence electrons. The molecule has 3 aliphatic rings. The monoisotopic (exact) mass is 489 g/mol. The number of carbonyl (C=O) groups is 2. The second-order valence-corrected chi connectivity index (χ2v) is 10.7. The molecule has 1 unspecified atom stereocenters. The number of fused-ring (bicyclic) bond motifs is 1. The Hall–Kier alpha value is -2.70. The average molecular weight is 490 g/mol. The van der Waals surface area contributed by atoms with Crippen molar-refractivity contribution in [1.82, 2.24) is 15.5 Å². The fourth-order valence-electron chi connectivity index (χ4n) is 6.42. The van der Waals surface area contributed by atoms with Crippen LogP contribution in [0.5, 0.6) is 0 Å². The third-order valence-electron chi connectivity index (χ3n) is 8.39. The molecular formula is C30H39N3O3. The number of rotatable bonds is 8. The predicted octanol–water partition coefficient (Wildman–Crippen LogP) is 3.94. The van der Waals surface area contributed by atoms with Crippen molar-refractivity contribution in [3.05, 3.63) is 71.3 Å². The van der Waals surface area contributed by atoms with Gasteiger partial charge in [-0.25, -0.2) is 0 Å². The van der Waals surface area contributed by atoms with Crippen molar-refractivity contribution < 1.29 is 14.3 Å². The minimum Gasteiger partial charge on any atom is -0.379 e. The number of ether oxygens (including phenoxy) is 1. The Labute approximate surface area is 214 Å². The molecule has 2 N–H and O–H groups in total. The van der Waals surface area contributed by atoms with Crippen LogP contribution in [0, 0.1) is 0 Å². The van der Waals surface area contributed by atoms with Gasteiger partial charge in [0.05, 0.1) is 19.3 Å². The second-order valence-electron chi connectivity index (χ2n) is 10.7. The van der Waals surface area contributed by atoms with Crippen molar-refractivity contribution in [2.75, 3.05) is 26.3 Å². The Morgan fingerprint density at radius 2 is 1.53 bits per heavy atom. The van der Waals surface area contributed by atoms with Crippen LogP contribution in [0.1, 0.15) is 67.7 Å². The van der Waals surface area contributed by atoms with Gasteiger partial charge < -0.3 is 15.4 Å². The predicted molar refractivity (Wildman–Crippen MR) is 141 cm³/mol. The zero-order valence-electron chi connectivity index (χ0n) is 21.2. The van der Waals surface area contributed by atoms with E-state index in [9.17, 15) is 9.59 Å². The molecule has 0 bridgehead atoms. The number of hydrogen-bond donors (Lipinski definition) is 2. The molecule has 1 atom stereocenters. The van der Waals surface area contributed by atoms with Crippen molar-refractivity contribution >= 4 is 11.8 Å². The van der Waals surface area contributed by atoms with E-state index in [4.69, 9.17) is 4.74 Å². The van der Waals surface area contributed by atoms with Gasteiger partial charge in [0.1, 0.15) is 0 Å². The van der Waals surface area contributed by atoms with E-state index >= 15 is 0 Å². The van der Waals surface area contributed by atoms with Crippen LogP contribution >= 0.6 is 0 Å². The van der Waals surface area contributed by atoms with Crippen molar-refractivity contribution in [2.45, 2.75) is 75.4 Å². The topological polar surface area (TPSA) is 70.7 Å². The molecule has 1 heterocycles. The Bertz CT molecular complexity index is 1030. The smallest absolute Gasteiger partial charge is 0.220 e. The molecule has 1 aliphatic heterocycles. The van der Waals surface area contributed by atoms with Crippen molar-refractivity contribution in [1.29, 1.82) is 0 Å². The fourth-order valence-corrected chi connectivity index (χ4v) is 6.42. The number of amides is 2. The van der Waals surface area contributed by atoms with Gasteiger partial charge in [0.15, 0.2) is 0 Å². The van der Waals surface area contributed by atoms with Gasteiger partial charge in [-0.3, -0.25) is 14.5 Å². The van der Waals surface area contributed by atoms with E-state index in [1.165, 1.54) is 16.7 Å². The first-order valence-electron chi connectivity index (χ1n) is 13.6. The van der Waals surface area contributed by atoms with Crippen LogP contribution in [0.15, 0.2) is 54.6 Å². The zero-order valence-corrected chi connectivity index (χ0v) is 21.2. The lowest BCUT2D eigenvalue weighted by Crippen LogP contribution is -2.58. The Balaban J connectivity index is 1.10. The lowest BCUT2D eigenvalue weighted by Gasteiger charge is -2.50. The van der Waals surface area contributed by atoms with E-state index in [0.717, 1.165) is 71.2 Å². The summed E-state index contributed by atoms with van der Waals surface area (Å²) in [5, 5.41) is 6.36. The summed E-state index contributed by atoms with van der Waals surface area (Å²) in [5.74, 6) is -0.0476. The summed E-state index contributed by atoms with van der Waals surface area (Å²) in [6.07, 6.45) is 7.54. The highest BCUT2D eigenvalue weighted by Gasteiger charge is 2.41. The lowest BCUT2D eigenvalue weighted by atomic mass is 9.74. The van der Waals surface area contributed by atoms with Crippen LogP contribution in [0.4, 0.5) is 0 Å². The summed E-state index contributed by atoms with van der Waals surface area (Å²) in [6, 6.07) is 19.3. The van der Waals surface area contributed by atoms with Crippen molar-refractivity contribution in [3.8, 4) is 0 Å². The van der Waals surface area contributed by atoms with Gasteiger partial charge in [-0.1, -0.05) is 54.6 Å². The standard InChI is InChI=1S/C30H39N3O3/c34-28(12-13-29(35)32-27-11-10-24-8-4-5-9-26(24)27)31-25-14-16-30(17-15-25,33-18-20-36-21-19-33)22-23-6-2-1-3-7-23/h1-9,25,27H,10-22H2,(H,31,34)(H,32,35). The van der Waals surface area contributed by atoms with Crippen molar-refractivity contribution in [3.63, 3.8) is 0 Å². The van der Waals surface area contributed by atoms with E-state index in [-0.39, 0.29) is 42.3 Å². The van der Waals surface area contributed by atoms with E-state index in [2.05, 4.69) is 58.0 Å². The summed E-state index contributed by atoms with van der Waals surface area (Å²) in [5.41, 5.74) is 4.04. The van der Waals surface area contributed by atoms with Crippen LogP contribution in [-0.2, 0) is 27.2 Å². The molecule has 2 aromatic carbocycles. The Kier molecular flexibility index (Phi) is 8.02. The zero-order chi connectivity index (χ0) is 24.8. The first-order valence-corrected chi connectivity index (χ1v) is 13.6. The summed E-state index contributed by atoms with van der Waals surface area (Å²) in [7, 11) is 0. The third kappa shape index (κ3) is 5.98. The van der Waals surface area contributed by atoms with Gasteiger partial charge in [-0.05, 0) is 61.6 Å². The van der Waals surface area contributed by atoms with Crippen LogP contribution in [0.2, 0.25) is 0 Å². The van der Waals surface area contributed by atoms with Gasteiger partial charge >= 0.3 is 0 Å². The lowest BCUT2D eigenvalue weighted by molar-refractivity contribution is -0.127. The molecule has 2 fully saturated rings. The molecule has 36 heavy (non-hydrogen) atoms. The summed E-state index contributed by atoms with van der Waals surface area (Å²) in [4.78, 5) is 27.9. The van der Waals surface area contributed by atoms with E-state index in [1.54, 1.807) is 0 Å². The minimum atomic E-state index is -0.0373. The third-order valence-corrected chi connectivity index (χ3v) is 8.39. The van der Waals surface area contributed by atoms with Gasteiger partial charge in [0.2, 0.25) is 11.8 Å². The number of nitrogens with one attached hydrogen (secondary N) is 2. The summed E-state index contributed by atoms with van der Waals surface area (Å²) in [6.45, 7) is 3.55. The highest BCUT2D eigenvalue weighted by Crippen LogP contribution is 2.37. The maximum absolute atomic E-state index is 12.7. The van der Waals surface area contributed by atoms with Crippen molar-refractivity contribution in [2.24, 2.45) is 0 Å². The second kappa shape index (κ2) is 11.6. The largest absolute Gasteiger partial charge is 0.379 e. The highest BCUT2D eigenvalue weighted by molar-refractivity contribution is 5.84. The number of morpholine rings is 1. The SMILES string of the molecule is O=C(CCC(=O)NC1CCc2ccccc21)NC1CCC(Cc2ccccc2)(N2CCOCC2)CC1. The summed E-state index contributed by atoms with van der Waals surface area (Å²) >= 11 is 0. The van der Waals surface area contributed by atoms with Crippen LogP contribution < -0.4 is 10.6 Å². The van der Waals surface area contributed by atoms with E-state index < -0.39 is 0 Å². The normalized spacial score (nSPS) is 26.2. The molecular weight excluding hydrogens is 450 g/mol. The van der Waals surface area contributed by atoms with Gasteiger partial charge in [-0.2, -0.15) is 0 Å². The molecule has 1 saturated carbocycles. The molecule has 5 rings (SSSR count). The molecule has 2 aliphatic carbocycles. The van der Waals surface area contributed by atoms with E-state index in [0.29, 0.717) is 0 Å². The van der Waals surface area contributed by atoms with Gasteiger partial charge in [0.25, 0.3) is 0 Å². The molecule has 0 aromatic heterocycles. The molecule has 1 saturated heterocycles. The fraction of sp³-hybridized carbons (Fsp3) is 0.533. The molecule has 6 heteroatoms. The van der Waals surface area contributed by atoms with Crippen LogP contribution in [-0.4, -0.2) is 54.6 Å². The van der Waals surface area contributed by atoms with Gasteiger partial charge in [-0.15, -0.1) is 0 Å². The molecule has 0 radical (unpaired) electrons.